The third-order valence-electron chi connectivity index (χ3n) is 6.60. The number of halogens is 1. The molecule has 2 N–H and O–H groups in total. The van der Waals surface area contributed by atoms with Gasteiger partial charge < -0.3 is 15.5 Å². The zero-order valence-electron chi connectivity index (χ0n) is 16.8. The fourth-order valence-corrected chi connectivity index (χ4v) is 4.66. The summed E-state index contributed by atoms with van der Waals surface area (Å²) in [6, 6.07) is 11.1. The lowest BCUT2D eigenvalue weighted by Gasteiger charge is -2.23. The van der Waals surface area contributed by atoms with Crippen molar-refractivity contribution in [2.75, 3.05) is 26.7 Å². The zero-order valence-corrected chi connectivity index (χ0v) is 19.2. The van der Waals surface area contributed by atoms with Gasteiger partial charge in [-0.25, -0.2) is 0 Å². The number of nitrogens with zero attached hydrogens (tertiary/aromatic N) is 2. The van der Waals surface area contributed by atoms with Gasteiger partial charge in [0.2, 0.25) is 5.91 Å². The van der Waals surface area contributed by atoms with Gasteiger partial charge in [0.25, 0.3) is 0 Å². The van der Waals surface area contributed by atoms with Crippen LogP contribution in [0.25, 0.3) is 0 Å². The Morgan fingerprint density at radius 3 is 2.54 bits per heavy atom. The summed E-state index contributed by atoms with van der Waals surface area (Å²) in [6.45, 7) is 2.59. The maximum Gasteiger partial charge on any atom is 0.225 e. The molecule has 6 heteroatoms. The van der Waals surface area contributed by atoms with Crippen molar-refractivity contribution in [2.45, 2.75) is 56.4 Å². The molecule has 1 aromatic carbocycles. The SMILES string of the molecule is CN=C(NCC1(c2ccccc2)CC1)NC1CCN(C(=O)C2CCCC2)C1.I. The molecular formula is C22H33IN4O. The molecule has 1 heterocycles. The van der Waals surface area contributed by atoms with E-state index in [1.165, 1.54) is 31.2 Å². The van der Waals surface area contributed by atoms with Crippen LogP contribution in [0.3, 0.4) is 0 Å². The lowest BCUT2D eigenvalue weighted by molar-refractivity contribution is -0.134. The Morgan fingerprint density at radius 1 is 1.18 bits per heavy atom. The molecule has 1 aliphatic heterocycles. The quantitative estimate of drug-likeness (QED) is 0.374. The Hall–Kier alpha value is -1.31. The first-order valence-corrected chi connectivity index (χ1v) is 10.5. The van der Waals surface area contributed by atoms with E-state index in [4.69, 9.17) is 0 Å². The number of aliphatic imine (C=N–C) groups is 1. The minimum Gasteiger partial charge on any atom is -0.356 e. The number of amides is 1. The Kier molecular flexibility index (Phi) is 7.23. The first kappa shape index (κ1) is 21.4. The Balaban J connectivity index is 0.00000225. The summed E-state index contributed by atoms with van der Waals surface area (Å²) < 4.78 is 0. The molecule has 1 amide bonds. The highest BCUT2D eigenvalue weighted by Gasteiger charge is 2.44. The van der Waals surface area contributed by atoms with Crippen LogP contribution in [-0.4, -0.2) is 49.5 Å². The van der Waals surface area contributed by atoms with E-state index in [0.29, 0.717) is 11.9 Å². The second-order valence-electron chi connectivity index (χ2n) is 8.47. The van der Waals surface area contributed by atoms with Gasteiger partial charge in [0.1, 0.15) is 0 Å². The molecule has 4 rings (SSSR count). The second kappa shape index (κ2) is 9.46. The van der Waals surface area contributed by atoms with Crippen LogP contribution in [0.5, 0.6) is 0 Å². The van der Waals surface area contributed by atoms with E-state index in [9.17, 15) is 4.79 Å². The predicted molar refractivity (Wildman–Crippen MR) is 124 cm³/mol. The monoisotopic (exact) mass is 496 g/mol. The minimum atomic E-state index is 0. The lowest BCUT2D eigenvalue weighted by Crippen LogP contribution is -2.47. The molecule has 0 radical (unpaired) electrons. The van der Waals surface area contributed by atoms with Crippen molar-refractivity contribution in [3.63, 3.8) is 0 Å². The molecule has 3 aliphatic rings. The number of carbonyl (C=O) groups is 1. The van der Waals surface area contributed by atoms with Crippen LogP contribution in [0.2, 0.25) is 0 Å². The van der Waals surface area contributed by atoms with E-state index in [1.54, 1.807) is 0 Å². The number of rotatable bonds is 5. The van der Waals surface area contributed by atoms with E-state index in [2.05, 4.69) is 50.9 Å². The van der Waals surface area contributed by atoms with Crippen LogP contribution in [-0.2, 0) is 10.2 Å². The van der Waals surface area contributed by atoms with Crippen LogP contribution >= 0.6 is 24.0 Å². The standard InChI is InChI=1S/C22H32N4O.HI/c1-23-21(24-16-22(12-13-22)18-9-3-2-4-10-18)25-19-11-14-26(15-19)20(27)17-7-5-6-8-17;/h2-4,9-10,17,19H,5-8,11-16H2,1H3,(H2,23,24,25);1H. The van der Waals surface area contributed by atoms with Gasteiger partial charge in [0.05, 0.1) is 0 Å². The largest absolute Gasteiger partial charge is 0.356 e. The van der Waals surface area contributed by atoms with E-state index >= 15 is 0 Å². The van der Waals surface area contributed by atoms with Crippen LogP contribution in [0.4, 0.5) is 0 Å². The fourth-order valence-electron chi connectivity index (χ4n) is 4.66. The molecule has 2 saturated carbocycles. The Morgan fingerprint density at radius 2 is 1.89 bits per heavy atom. The van der Waals surface area contributed by atoms with Gasteiger partial charge in [-0.05, 0) is 37.7 Å². The van der Waals surface area contributed by atoms with Gasteiger partial charge in [-0.1, -0.05) is 43.2 Å². The number of guanidine groups is 1. The molecule has 1 aromatic rings. The van der Waals surface area contributed by atoms with Gasteiger partial charge in [-0.2, -0.15) is 0 Å². The Labute approximate surface area is 185 Å². The van der Waals surface area contributed by atoms with Gasteiger partial charge in [-0.15, -0.1) is 24.0 Å². The van der Waals surface area contributed by atoms with Gasteiger partial charge in [0.15, 0.2) is 5.96 Å². The van der Waals surface area contributed by atoms with Gasteiger partial charge in [0, 0.05) is 44.1 Å². The van der Waals surface area contributed by atoms with Crippen molar-refractivity contribution in [3.8, 4) is 0 Å². The average molecular weight is 496 g/mol. The normalized spacial score (nSPS) is 24.0. The van der Waals surface area contributed by atoms with Crippen LogP contribution in [0, 0.1) is 5.92 Å². The number of benzene rings is 1. The molecule has 1 saturated heterocycles. The van der Waals surface area contributed by atoms with Crippen LogP contribution in [0.1, 0.15) is 50.5 Å². The van der Waals surface area contributed by atoms with E-state index in [1.807, 2.05) is 7.05 Å². The highest BCUT2D eigenvalue weighted by atomic mass is 127. The molecule has 0 aromatic heterocycles. The molecule has 28 heavy (non-hydrogen) atoms. The van der Waals surface area contributed by atoms with Crippen LogP contribution in [0.15, 0.2) is 35.3 Å². The summed E-state index contributed by atoms with van der Waals surface area (Å²) in [5, 5.41) is 7.07. The smallest absolute Gasteiger partial charge is 0.225 e. The first-order valence-electron chi connectivity index (χ1n) is 10.5. The molecule has 1 unspecified atom stereocenters. The molecule has 2 aliphatic carbocycles. The van der Waals surface area contributed by atoms with Crippen LogP contribution < -0.4 is 10.6 Å². The van der Waals surface area contributed by atoms with E-state index in [-0.39, 0.29) is 35.3 Å². The minimum absolute atomic E-state index is 0. The molecule has 5 nitrogen and oxygen atoms in total. The van der Waals surface area contributed by atoms with Crippen molar-refractivity contribution in [2.24, 2.45) is 10.9 Å². The highest BCUT2D eigenvalue weighted by molar-refractivity contribution is 14.0. The highest BCUT2D eigenvalue weighted by Crippen LogP contribution is 2.47. The summed E-state index contributed by atoms with van der Waals surface area (Å²) in [6.07, 6.45) is 8.05. The topological polar surface area (TPSA) is 56.7 Å². The molecule has 154 valence electrons. The second-order valence-corrected chi connectivity index (χ2v) is 8.47. The third-order valence-corrected chi connectivity index (χ3v) is 6.60. The summed E-state index contributed by atoms with van der Waals surface area (Å²) in [4.78, 5) is 19.1. The zero-order chi connectivity index (χ0) is 18.7. The summed E-state index contributed by atoms with van der Waals surface area (Å²) in [7, 11) is 1.83. The predicted octanol–water partition coefficient (Wildman–Crippen LogP) is 3.29. The molecule has 1 atom stereocenters. The maximum absolute atomic E-state index is 12.6. The molecular weight excluding hydrogens is 463 g/mol. The van der Waals surface area contributed by atoms with Gasteiger partial charge in [-0.3, -0.25) is 9.79 Å². The molecule has 0 spiro atoms. The molecule has 3 fully saturated rings. The average Bonchev–Trinajstić information content (AvgIpc) is 3.11. The van der Waals surface area contributed by atoms with E-state index in [0.717, 1.165) is 44.9 Å². The summed E-state index contributed by atoms with van der Waals surface area (Å²) in [5.41, 5.74) is 1.68. The number of hydrogen-bond donors (Lipinski definition) is 2. The lowest BCUT2D eigenvalue weighted by atomic mass is 9.96. The number of hydrogen-bond acceptors (Lipinski definition) is 2. The van der Waals surface area contributed by atoms with Crippen molar-refractivity contribution < 1.29 is 4.79 Å². The van der Waals surface area contributed by atoms with Crippen molar-refractivity contribution in [1.82, 2.24) is 15.5 Å². The van der Waals surface area contributed by atoms with Gasteiger partial charge >= 0.3 is 0 Å². The maximum atomic E-state index is 12.6. The fraction of sp³-hybridized carbons (Fsp3) is 0.636. The third kappa shape index (κ3) is 4.81. The summed E-state index contributed by atoms with van der Waals surface area (Å²) in [5.74, 6) is 1.51. The summed E-state index contributed by atoms with van der Waals surface area (Å²) >= 11 is 0. The number of carbonyl (C=O) groups excluding carboxylic acids is 1. The van der Waals surface area contributed by atoms with Crippen molar-refractivity contribution >= 4 is 35.8 Å². The molecule has 0 bridgehead atoms. The number of likely N-dealkylation sites (tertiary alicyclic amines) is 1. The van der Waals surface area contributed by atoms with Crippen molar-refractivity contribution in [1.29, 1.82) is 0 Å². The number of nitrogens with one attached hydrogen (secondary N) is 2. The first-order chi connectivity index (χ1) is 13.2. The van der Waals surface area contributed by atoms with Crippen molar-refractivity contribution in [3.05, 3.63) is 35.9 Å². The van der Waals surface area contributed by atoms with E-state index < -0.39 is 0 Å². The Bertz CT molecular complexity index is 683.